The minimum atomic E-state index is 1.20. The molecule has 0 amide bonds. The van der Waals surface area contributed by atoms with Crippen LogP contribution in [0.5, 0.6) is 0 Å². The van der Waals surface area contributed by atoms with Gasteiger partial charge in [-0.2, -0.15) is 0 Å². The van der Waals surface area contributed by atoms with E-state index in [9.17, 15) is 0 Å². The first kappa shape index (κ1) is 7.33. The Morgan fingerprint density at radius 1 is 1.40 bits per heavy atom. The molecule has 54 valence electrons. The molecule has 0 fully saturated rings. The zero-order chi connectivity index (χ0) is 7.40. The van der Waals surface area contributed by atoms with Gasteiger partial charge in [0.15, 0.2) is 0 Å². The largest absolute Gasteiger partial charge is 0.0836 e. The molecule has 0 bridgehead atoms. The van der Waals surface area contributed by atoms with E-state index in [2.05, 4.69) is 38.2 Å². The van der Waals surface area contributed by atoms with Crippen molar-refractivity contribution in [3.63, 3.8) is 0 Å². The van der Waals surface area contributed by atoms with E-state index < -0.39 is 0 Å². The second kappa shape index (κ2) is 3.40. The topological polar surface area (TPSA) is 0 Å². The maximum absolute atomic E-state index is 2.28. The SMILES string of the molecule is CC(C)=CC1=CCCC=C1. The molecule has 0 unspecified atom stereocenters. The molecule has 0 heterocycles. The first-order valence-corrected chi connectivity index (χ1v) is 3.80. The van der Waals surface area contributed by atoms with Crippen molar-refractivity contribution in [1.82, 2.24) is 0 Å². The second-order valence-electron chi connectivity index (χ2n) is 2.91. The number of rotatable bonds is 1. The van der Waals surface area contributed by atoms with Crippen LogP contribution in [0, 0.1) is 0 Å². The van der Waals surface area contributed by atoms with Gasteiger partial charge in [0.05, 0.1) is 0 Å². The lowest BCUT2D eigenvalue weighted by Crippen LogP contribution is -1.80. The molecule has 0 aromatic carbocycles. The van der Waals surface area contributed by atoms with Crippen molar-refractivity contribution < 1.29 is 0 Å². The third kappa shape index (κ3) is 2.22. The van der Waals surface area contributed by atoms with Crippen LogP contribution < -0.4 is 0 Å². The van der Waals surface area contributed by atoms with Crippen LogP contribution in [0.2, 0.25) is 0 Å². The van der Waals surface area contributed by atoms with E-state index in [0.717, 1.165) is 0 Å². The van der Waals surface area contributed by atoms with Gasteiger partial charge in [-0.15, -0.1) is 0 Å². The molecule has 10 heavy (non-hydrogen) atoms. The summed E-state index contributed by atoms with van der Waals surface area (Å²) in [5.41, 5.74) is 2.74. The molecule has 0 radical (unpaired) electrons. The first-order chi connectivity index (χ1) is 4.79. The average Bonchev–Trinajstić information content (AvgIpc) is 1.88. The van der Waals surface area contributed by atoms with Gasteiger partial charge in [0, 0.05) is 0 Å². The summed E-state index contributed by atoms with van der Waals surface area (Å²) in [6, 6.07) is 0. The number of allylic oxidation sites excluding steroid dienone is 6. The predicted molar refractivity (Wildman–Crippen MR) is 45.9 cm³/mol. The van der Waals surface area contributed by atoms with E-state index in [1.807, 2.05) is 0 Å². The van der Waals surface area contributed by atoms with E-state index in [1.54, 1.807) is 0 Å². The summed E-state index contributed by atoms with van der Waals surface area (Å²) in [6.07, 6.45) is 11.3. The number of hydrogen-bond acceptors (Lipinski definition) is 0. The molecular formula is C10H14. The third-order valence-corrected chi connectivity index (χ3v) is 1.48. The molecule has 0 saturated heterocycles. The van der Waals surface area contributed by atoms with Crippen LogP contribution in [0.25, 0.3) is 0 Å². The molecule has 0 heteroatoms. The molecule has 1 aliphatic rings. The summed E-state index contributed by atoms with van der Waals surface area (Å²) in [6.45, 7) is 4.26. The fourth-order valence-electron chi connectivity index (χ4n) is 1.07. The lowest BCUT2D eigenvalue weighted by Gasteiger charge is -2.01. The quantitative estimate of drug-likeness (QED) is 0.516. The summed E-state index contributed by atoms with van der Waals surface area (Å²) in [7, 11) is 0. The monoisotopic (exact) mass is 134 g/mol. The Labute approximate surface area is 62.9 Å². The molecule has 0 saturated carbocycles. The molecule has 0 aromatic heterocycles. The smallest absolute Gasteiger partial charge is 0.0300 e. The zero-order valence-corrected chi connectivity index (χ0v) is 6.72. The van der Waals surface area contributed by atoms with Gasteiger partial charge in [-0.1, -0.05) is 29.9 Å². The Morgan fingerprint density at radius 3 is 2.70 bits per heavy atom. The molecule has 1 aliphatic carbocycles. The lowest BCUT2D eigenvalue weighted by molar-refractivity contribution is 1.02. The van der Waals surface area contributed by atoms with Crippen molar-refractivity contribution in [3.8, 4) is 0 Å². The van der Waals surface area contributed by atoms with Crippen molar-refractivity contribution in [2.45, 2.75) is 26.7 Å². The predicted octanol–water partition coefficient (Wildman–Crippen LogP) is 3.23. The maximum atomic E-state index is 2.28. The zero-order valence-electron chi connectivity index (χ0n) is 6.72. The van der Waals surface area contributed by atoms with E-state index in [-0.39, 0.29) is 0 Å². The van der Waals surface area contributed by atoms with Crippen molar-refractivity contribution in [1.29, 1.82) is 0 Å². The van der Waals surface area contributed by atoms with Crippen LogP contribution in [0.3, 0.4) is 0 Å². The Bertz CT molecular complexity index is 188. The highest BCUT2D eigenvalue weighted by molar-refractivity contribution is 5.34. The van der Waals surface area contributed by atoms with Gasteiger partial charge in [-0.3, -0.25) is 0 Å². The van der Waals surface area contributed by atoms with Crippen LogP contribution in [0.15, 0.2) is 35.5 Å². The summed E-state index contributed by atoms with van der Waals surface area (Å²) >= 11 is 0. The highest BCUT2D eigenvalue weighted by Gasteiger charge is 1.91. The fraction of sp³-hybridized carbons (Fsp3) is 0.400. The standard InChI is InChI=1S/C10H14/c1-9(2)8-10-6-4-3-5-7-10/h4,6-8H,3,5H2,1-2H3. The van der Waals surface area contributed by atoms with Crippen LogP contribution in [0.1, 0.15) is 26.7 Å². The van der Waals surface area contributed by atoms with Gasteiger partial charge >= 0.3 is 0 Å². The van der Waals surface area contributed by atoms with E-state index in [1.165, 1.54) is 24.0 Å². The normalized spacial score (nSPS) is 16.4. The Hall–Kier alpha value is -0.780. The fourth-order valence-corrected chi connectivity index (χ4v) is 1.07. The Morgan fingerprint density at radius 2 is 2.20 bits per heavy atom. The van der Waals surface area contributed by atoms with Crippen LogP contribution >= 0.6 is 0 Å². The maximum Gasteiger partial charge on any atom is -0.0300 e. The molecule has 1 rings (SSSR count). The minimum Gasteiger partial charge on any atom is -0.0836 e. The van der Waals surface area contributed by atoms with Crippen molar-refractivity contribution in [2.75, 3.05) is 0 Å². The molecule has 0 atom stereocenters. The highest BCUT2D eigenvalue weighted by atomic mass is 14.0. The van der Waals surface area contributed by atoms with Crippen LogP contribution in [-0.4, -0.2) is 0 Å². The average molecular weight is 134 g/mol. The van der Waals surface area contributed by atoms with Crippen molar-refractivity contribution >= 4 is 0 Å². The highest BCUT2D eigenvalue weighted by Crippen LogP contribution is 2.11. The van der Waals surface area contributed by atoms with Gasteiger partial charge in [0.1, 0.15) is 0 Å². The van der Waals surface area contributed by atoms with Crippen LogP contribution in [0.4, 0.5) is 0 Å². The molecule has 0 aliphatic heterocycles. The molecule has 0 nitrogen and oxygen atoms in total. The number of hydrogen-bond donors (Lipinski definition) is 0. The Kier molecular flexibility index (Phi) is 2.49. The van der Waals surface area contributed by atoms with Gasteiger partial charge in [-0.05, 0) is 32.3 Å². The molecular weight excluding hydrogens is 120 g/mol. The van der Waals surface area contributed by atoms with Gasteiger partial charge < -0.3 is 0 Å². The van der Waals surface area contributed by atoms with E-state index in [4.69, 9.17) is 0 Å². The summed E-state index contributed by atoms with van der Waals surface area (Å²) in [5, 5.41) is 0. The summed E-state index contributed by atoms with van der Waals surface area (Å²) < 4.78 is 0. The van der Waals surface area contributed by atoms with Gasteiger partial charge in [0.2, 0.25) is 0 Å². The van der Waals surface area contributed by atoms with Crippen molar-refractivity contribution in [3.05, 3.63) is 35.5 Å². The molecule has 0 aromatic rings. The summed E-state index contributed by atoms with van der Waals surface area (Å²) in [5.74, 6) is 0. The molecule has 0 spiro atoms. The van der Waals surface area contributed by atoms with E-state index >= 15 is 0 Å². The van der Waals surface area contributed by atoms with Crippen LogP contribution in [-0.2, 0) is 0 Å². The van der Waals surface area contributed by atoms with Gasteiger partial charge in [-0.25, -0.2) is 0 Å². The lowest BCUT2D eigenvalue weighted by atomic mass is 10.1. The Balaban J connectivity index is 2.64. The van der Waals surface area contributed by atoms with Crippen molar-refractivity contribution in [2.24, 2.45) is 0 Å². The second-order valence-corrected chi connectivity index (χ2v) is 2.91. The van der Waals surface area contributed by atoms with E-state index in [0.29, 0.717) is 0 Å². The van der Waals surface area contributed by atoms with Gasteiger partial charge in [0.25, 0.3) is 0 Å². The summed E-state index contributed by atoms with van der Waals surface area (Å²) in [4.78, 5) is 0. The minimum absolute atomic E-state index is 1.20. The molecule has 0 N–H and O–H groups in total. The third-order valence-electron chi connectivity index (χ3n) is 1.48. The first-order valence-electron chi connectivity index (χ1n) is 3.80.